The second kappa shape index (κ2) is 5.77. The Morgan fingerprint density at radius 3 is 2.11 bits per heavy atom. The van der Waals surface area contributed by atoms with Gasteiger partial charge in [-0.15, -0.1) is 0 Å². The summed E-state index contributed by atoms with van der Waals surface area (Å²) in [4.78, 5) is 15.7. The molecule has 2 N–H and O–H groups in total. The number of aliphatic imine (C=N–C) groups is 1. The number of rotatable bonds is 4. The molecule has 0 aromatic heterocycles. The van der Waals surface area contributed by atoms with Gasteiger partial charge in [0.2, 0.25) is 5.91 Å². The second-order valence-corrected chi connectivity index (χ2v) is 3.90. The second-order valence-electron chi connectivity index (χ2n) is 3.90. The van der Waals surface area contributed by atoms with Gasteiger partial charge in [-0.3, -0.25) is 9.79 Å². The molecule has 18 heavy (non-hydrogen) atoms. The van der Waals surface area contributed by atoms with Crippen LogP contribution in [-0.2, 0) is 4.79 Å². The fourth-order valence-electron chi connectivity index (χ4n) is 1.66. The van der Waals surface area contributed by atoms with Crippen molar-refractivity contribution in [2.45, 2.75) is 6.04 Å². The van der Waals surface area contributed by atoms with Gasteiger partial charge in [-0.1, -0.05) is 60.7 Å². The number of primary amides is 1. The predicted molar refractivity (Wildman–Crippen MR) is 72.4 cm³/mol. The van der Waals surface area contributed by atoms with Gasteiger partial charge in [-0.25, -0.2) is 0 Å². The van der Waals surface area contributed by atoms with Crippen LogP contribution >= 0.6 is 0 Å². The number of nitrogens with zero attached hydrogens (tertiary/aromatic N) is 1. The third kappa shape index (κ3) is 3.04. The van der Waals surface area contributed by atoms with E-state index in [-0.39, 0.29) is 0 Å². The molecule has 2 aromatic carbocycles. The largest absolute Gasteiger partial charge is 0.368 e. The van der Waals surface area contributed by atoms with Crippen LogP contribution in [0.2, 0.25) is 0 Å². The van der Waals surface area contributed by atoms with Crippen LogP contribution in [0.25, 0.3) is 0 Å². The number of carbonyl (C=O) groups is 1. The summed E-state index contributed by atoms with van der Waals surface area (Å²) in [5, 5.41) is 0. The van der Waals surface area contributed by atoms with Crippen molar-refractivity contribution in [1.29, 1.82) is 0 Å². The monoisotopic (exact) mass is 238 g/mol. The van der Waals surface area contributed by atoms with E-state index in [1.54, 1.807) is 6.21 Å². The van der Waals surface area contributed by atoms with Crippen LogP contribution in [-0.4, -0.2) is 12.1 Å². The van der Waals surface area contributed by atoms with Gasteiger partial charge < -0.3 is 5.73 Å². The lowest BCUT2D eigenvalue weighted by atomic mass is 10.1. The van der Waals surface area contributed by atoms with Gasteiger partial charge in [-0.05, 0) is 11.1 Å². The first kappa shape index (κ1) is 12.0. The molecule has 1 atom stereocenters. The molecule has 0 spiro atoms. The lowest BCUT2D eigenvalue weighted by Crippen LogP contribution is -2.20. The summed E-state index contributed by atoms with van der Waals surface area (Å²) in [6, 6.07) is 18.3. The van der Waals surface area contributed by atoms with Crippen molar-refractivity contribution in [1.82, 2.24) is 0 Å². The summed E-state index contributed by atoms with van der Waals surface area (Å²) in [5.74, 6) is -0.451. The minimum atomic E-state index is -0.633. The Morgan fingerprint density at radius 1 is 1.00 bits per heavy atom. The maximum Gasteiger partial charge on any atom is 0.246 e. The first-order chi connectivity index (χ1) is 8.77. The van der Waals surface area contributed by atoms with E-state index < -0.39 is 11.9 Å². The van der Waals surface area contributed by atoms with E-state index >= 15 is 0 Å². The number of amides is 1. The van der Waals surface area contributed by atoms with E-state index in [4.69, 9.17) is 5.73 Å². The maximum atomic E-state index is 11.4. The number of benzene rings is 2. The Bertz CT molecular complexity index is 535. The normalized spacial score (nSPS) is 12.4. The van der Waals surface area contributed by atoms with E-state index in [1.165, 1.54) is 0 Å². The Hall–Kier alpha value is -2.42. The van der Waals surface area contributed by atoms with Crippen LogP contribution in [0.4, 0.5) is 0 Å². The molecule has 0 aliphatic rings. The zero-order valence-electron chi connectivity index (χ0n) is 9.86. The molecule has 0 saturated heterocycles. The van der Waals surface area contributed by atoms with Gasteiger partial charge in [-0.2, -0.15) is 0 Å². The molecule has 0 saturated carbocycles. The molecule has 0 fully saturated rings. The fraction of sp³-hybridized carbons (Fsp3) is 0.0667. The van der Waals surface area contributed by atoms with Gasteiger partial charge in [0, 0.05) is 6.21 Å². The molecule has 2 rings (SSSR count). The third-order valence-corrected chi connectivity index (χ3v) is 2.56. The van der Waals surface area contributed by atoms with Crippen LogP contribution in [0, 0.1) is 0 Å². The number of hydrogen-bond acceptors (Lipinski definition) is 2. The molecule has 1 unspecified atom stereocenters. The molecule has 0 heterocycles. The molecular formula is C15H14N2O. The van der Waals surface area contributed by atoms with Crippen LogP contribution in [0.3, 0.4) is 0 Å². The molecule has 1 amide bonds. The van der Waals surface area contributed by atoms with E-state index in [9.17, 15) is 4.79 Å². The standard InChI is InChI=1S/C15H14N2O/c16-15(18)14(13-9-5-2-6-10-13)17-11-12-7-3-1-4-8-12/h1-11,14H,(H2,16,18). The fourth-order valence-corrected chi connectivity index (χ4v) is 1.66. The van der Waals surface area contributed by atoms with E-state index in [2.05, 4.69) is 4.99 Å². The van der Waals surface area contributed by atoms with Crippen molar-refractivity contribution in [3.63, 3.8) is 0 Å². The molecule has 90 valence electrons. The van der Waals surface area contributed by atoms with Crippen molar-refractivity contribution in [3.8, 4) is 0 Å². The van der Waals surface area contributed by atoms with Gasteiger partial charge in [0.05, 0.1) is 0 Å². The summed E-state index contributed by atoms with van der Waals surface area (Å²) >= 11 is 0. The summed E-state index contributed by atoms with van der Waals surface area (Å²) < 4.78 is 0. The molecule has 0 bridgehead atoms. The third-order valence-electron chi connectivity index (χ3n) is 2.56. The summed E-state index contributed by atoms with van der Waals surface area (Å²) in [5.41, 5.74) is 7.13. The van der Waals surface area contributed by atoms with Crippen LogP contribution in [0.5, 0.6) is 0 Å². The van der Waals surface area contributed by atoms with E-state index in [0.29, 0.717) is 0 Å². The van der Waals surface area contributed by atoms with E-state index in [0.717, 1.165) is 11.1 Å². The summed E-state index contributed by atoms with van der Waals surface area (Å²) in [6.45, 7) is 0. The highest BCUT2D eigenvalue weighted by Gasteiger charge is 2.14. The maximum absolute atomic E-state index is 11.4. The first-order valence-corrected chi connectivity index (χ1v) is 5.70. The van der Waals surface area contributed by atoms with Gasteiger partial charge >= 0.3 is 0 Å². The van der Waals surface area contributed by atoms with Crippen molar-refractivity contribution in [2.24, 2.45) is 10.7 Å². The zero-order valence-corrected chi connectivity index (χ0v) is 9.86. The first-order valence-electron chi connectivity index (χ1n) is 5.70. The number of hydrogen-bond donors (Lipinski definition) is 1. The van der Waals surface area contributed by atoms with Gasteiger partial charge in [0.15, 0.2) is 6.04 Å². The smallest absolute Gasteiger partial charge is 0.246 e. The van der Waals surface area contributed by atoms with Crippen LogP contribution in [0.15, 0.2) is 65.7 Å². The zero-order chi connectivity index (χ0) is 12.8. The number of nitrogens with two attached hydrogens (primary N) is 1. The lowest BCUT2D eigenvalue weighted by Gasteiger charge is -2.08. The lowest BCUT2D eigenvalue weighted by molar-refractivity contribution is -0.119. The van der Waals surface area contributed by atoms with Crippen molar-refractivity contribution >= 4 is 12.1 Å². The minimum Gasteiger partial charge on any atom is -0.368 e. The topological polar surface area (TPSA) is 55.5 Å². The molecular weight excluding hydrogens is 224 g/mol. The van der Waals surface area contributed by atoms with Gasteiger partial charge in [0.25, 0.3) is 0 Å². The average Bonchev–Trinajstić information content (AvgIpc) is 2.41. The Balaban J connectivity index is 2.23. The summed E-state index contributed by atoms with van der Waals surface area (Å²) in [7, 11) is 0. The quantitative estimate of drug-likeness (QED) is 0.816. The van der Waals surface area contributed by atoms with Crippen molar-refractivity contribution in [3.05, 3.63) is 71.8 Å². The SMILES string of the molecule is NC(=O)C(N=Cc1ccccc1)c1ccccc1. The minimum absolute atomic E-state index is 0.451. The van der Waals surface area contributed by atoms with E-state index in [1.807, 2.05) is 60.7 Å². The van der Waals surface area contributed by atoms with Crippen LogP contribution in [0.1, 0.15) is 17.2 Å². The van der Waals surface area contributed by atoms with Crippen molar-refractivity contribution in [2.75, 3.05) is 0 Å². The average molecular weight is 238 g/mol. The highest BCUT2D eigenvalue weighted by Crippen LogP contribution is 2.16. The van der Waals surface area contributed by atoms with Crippen LogP contribution < -0.4 is 5.73 Å². The van der Waals surface area contributed by atoms with Crippen molar-refractivity contribution < 1.29 is 4.79 Å². The molecule has 0 aliphatic carbocycles. The highest BCUT2D eigenvalue weighted by atomic mass is 16.1. The molecule has 0 aliphatic heterocycles. The Labute approximate surface area is 106 Å². The molecule has 2 aromatic rings. The molecule has 0 radical (unpaired) electrons. The van der Waals surface area contributed by atoms with Gasteiger partial charge in [0.1, 0.15) is 0 Å². The summed E-state index contributed by atoms with van der Waals surface area (Å²) in [6.07, 6.45) is 1.67. The Kier molecular flexibility index (Phi) is 3.86. The molecule has 3 nitrogen and oxygen atoms in total. The Morgan fingerprint density at radius 2 is 1.56 bits per heavy atom. The number of carbonyl (C=O) groups excluding carboxylic acids is 1. The highest BCUT2D eigenvalue weighted by molar-refractivity contribution is 5.86. The predicted octanol–water partition coefficient (Wildman–Crippen LogP) is 2.33. The molecule has 3 heteroatoms.